The van der Waals surface area contributed by atoms with Crippen molar-refractivity contribution in [3.8, 4) is 0 Å². The van der Waals surface area contributed by atoms with E-state index in [9.17, 15) is 5.11 Å². The fourth-order valence-corrected chi connectivity index (χ4v) is 2.72. The molecule has 1 saturated carbocycles. The molecule has 0 aliphatic heterocycles. The lowest BCUT2D eigenvalue weighted by Crippen LogP contribution is -2.27. The Labute approximate surface area is 117 Å². The average molecular weight is 261 g/mol. The number of benzene rings is 1. The van der Waals surface area contributed by atoms with Crippen molar-refractivity contribution in [1.82, 2.24) is 4.90 Å². The molecule has 3 unspecified atom stereocenters. The van der Waals surface area contributed by atoms with Gasteiger partial charge in [0.15, 0.2) is 0 Å². The minimum atomic E-state index is -0.366. The molecule has 1 fully saturated rings. The maximum absolute atomic E-state index is 10.3. The van der Waals surface area contributed by atoms with E-state index >= 15 is 0 Å². The summed E-state index contributed by atoms with van der Waals surface area (Å²) in [5.74, 6) is 1.73. The lowest BCUT2D eigenvalue weighted by molar-refractivity contribution is 0.124. The van der Waals surface area contributed by atoms with Crippen molar-refractivity contribution in [2.75, 3.05) is 20.1 Å². The normalized spacial score (nSPS) is 23.6. The van der Waals surface area contributed by atoms with E-state index in [-0.39, 0.29) is 6.10 Å². The van der Waals surface area contributed by atoms with Crippen molar-refractivity contribution in [3.05, 3.63) is 35.4 Å². The summed E-state index contributed by atoms with van der Waals surface area (Å²) >= 11 is 0. The zero-order valence-corrected chi connectivity index (χ0v) is 12.5. The van der Waals surface area contributed by atoms with Gasteiger partial charge in [0.1, 0.15) is 0 Å². The first-order valence-electron chi connectivity index (χ1n) is 7.55. The van der Waals surface area contributed by atoms with Crippen LogP contribution in [0.5, 0.6) is 0 Å². The van der Waals surface area contributed by atoms with Crippen LogP contribution in [0, 0.1) is 11.8 Å². The fourth-order valence-electron chi connectivity index (χ4n) is 2.72. The van der Waals surface area contributed by atoms with Crippen molar-refractivity contribution >= 4 is 0 Å². The van der Waals surface area contributed by atoms with E-state index in [1.807, 2.05) is 0 Å². The number of hydrogen-bond acceptors (Lipinski definition) is 2. The third kappa shape index (κ3) is 4.32. The average Bonchev–Trinajstić information content (AvgIpc) is 3.05. The molecule has 0 amide bonds. The number of rotatable bonds is 7. The van der Waals surface area contributed by atoms with Crippen LogP contribution >= 0.6 is 0 Å². The molecule has 106 valence electrons. The van der Waals surface area contributed by atoms with Crippen LogP contribution < -0.4 is 0 Å². The van der Waals surface area contributed by atoms with Crippen LogP contribution in [-0.2, 0) is 6.42 Å². The first-order valence-corrected chi connectivity index (χ1v) is 7.55. The van der Waals surface area contributed by atoms with Gasteiger partial charge in [0.25, 0.3) is 0 Å². The molecule has 1 N–H and O–H groups in total. The molecule has 0 spiro atoms. The second-order valence-electron chi connectivity index (χ2n) is 6.20. The quantitative estimate of drug-likeness (QED) is 0.814. The molecule has 0 aromatic heterocycles. The van der Waals surface area contributed by atoms with Crippen molar-refractivity contribution < 1.29 is 5.11 Å². The molecule has 2 rings (SSSR count). The molecule has 0 heterocycles. The SMILES string of the molecule is CCCc1ccc(C(O)CN(C)CC2CC2C)cc1. The van der Waals surface area contributed by atoms with Crippen LogP contribution in [0.25, 0.3) is 0 Å². The molecule has 1 aliphatic carbocycles. The molecule has 2 nitrogen and oxygen atoms in total. The Morgan fingerprint density at radius 1 is 1.32 bits per heavy atom. The molecule has 19 heavy (non-hydrogen) atoms. The lowest BCUT2D eigenvalue weighted by atomic mass is 10.0. The Morgan fingerprint density at radius 2 is 1.95 bits per heavy atom. The van der Waals surface area contributed by atoms with Crippen molar-refractivity contribution in [3.63, 3.8) is 0 Å². The maximum atomic E-state index is 10.3. The topological polar surface area (TPSA) is 23.5 Å². The summed E-state index contributed by atoms with van der Waals surface area (Å²) < 4.78 is 0. The third-order valence-corrected chi connectivity index (χ3v) is 4.21. The minimum Gasteiger partial charge on any atom is -0.387 e. The molecule has 1 aliphatic rings. The molecule has 3 atom stereocenters. The molecule has 0 bridgehead atoms. The first-order chi connectivity index (χ1) is 9.10. The van der Waals surface area contributed by atoms with Gasteiger partial charge >= 0.3 is 0 Å². The highest BCUT2D eigenvalue weighted by Gasteiger charge is 2.33. The van der Waals surface area contributed by atoms with Crippen LogP contribution in [0.15, 0.2) is 24.3 Å². The number of aryl methyl sites for hydroxylation is 1. The highest BCUT2D eigenvalue weighted by atomic mass is 16.3. The van der Waals surface area contributed by atoms with Gasteiger partial charge in [-0.2, -0.15) is 0 Å². The highest BCUT2D eigenvalue weighted by Crippen LogP contribution is 2.38. The van der Waals surface area contributed by atoms with Crippen molar-refractivity contribution in [2.24, 2.45) is 11.8 Å². The Hall–Kier alpha value is -0.860. The van der Waals surface area contributed by atoms with E-state index in [0.717, 1.165) is 36.9 Å². The third-order valence-electron chi connectivity index (χ3n) is 4.21. The summed E-state index contributed by atoms with van der Waals surface area (Å²) in [4.78, 5) is 2.26. The Kier molecular flexibility index (Phi) is 5.00. The summed E-state index contributed by atoms with van der Waals surface area (Å²) in [7, 11) is 2.11. The van der Waals surface area contributed by atoms with Crippen LogP contribution in [0.2, 0.25) is 0 Å². The van der Waals surface area contributed by atoms with E-state index in [0.29, 0.717) is 0 Å². The summed E-state index contributed by atoms with van der Waals surface area (Å²) in [6.45, 7) is 6.35. The van der Waals surface area contributed by atoms with Crippen molar-refractivity contribution in [1.29, 1.82) is 0 Å². The smallest absolute Gasteiger partial charge is 0.0916 e. The number of likely N-dealkylation sites (N-methyl/N-ethyl adjacent to an activating group) is 1. The first kappa shape index (κ1) is 14.5. The van der Waals surface area contributed by atoms with Crippen LogP contribution in [0.1, 0.15) is 43.9 Å². The van der Waals surface area contributed by atoms with Gasteiger partial charge in [0, 0.05) is 13.1 Å². The predicted molar refractivity (Wildman–Crippen MR) is 80.2 cm³/mol. The lowest BCUT2D eigenvalue weighted by Gasteiger charge is -2.21. The number of hydrogen-bond donors (Lipinski definition) is 1. The van der Waals surface area contributed by atoms with Crippen LogP contribution in [0.4, 0.5) is 0 Å². The van der Waals surface area contributed by atoms with Gasteiger partial charge < -0.3 is 10.0 Å². The second kappa shape index (κ2) is 6.53. The second-order valence-corrected chi connectivity index (χ2v) is 6.20. The molecule has 2 heteroatoms. The van der Waals surface area contributed by atoms with E-state index in [4.69, 9.17) is 0 Å². The highest BCUT2D eigenvalue weighted by molar-refractivity contribution is 5.24. The van der Waals surface area contributed by atoms with Gasteiger partial charge in [-0.05, 0) is 42.9 Å². The van der Waals surface area contributed by atoms with Gasteiger partial charge in [-0.3, -0.25) is 0 Å². The summed E-state index contributed by atoms with van der Waals surface area (Å²) in [5, 5.41) is 10.3. The molecule has 0 radical (unpaired) electrons. The molecular formula is C17H27NO. The maximum Gasteiger partial charge on any atom is 0.0916 e. The van der Waals surface area contributed by atoms with Gasteiger partial charge in [-0.25, -0.2) is 0 Å². The van der Waals surface area contributed by atoms with Gasteiger partial charge in [0.05, 0.1) is 6.10 Å². The van der Waals surface area contributed by atoms with E-state index in [2.05, 4.69) is 50.1 Å². The monoisotopic (exact) mass is 261 g/mol. The number of nitrogens with zero attached hydrogens (tertiary/aromatic N) is 1. The summed E-state index contributed by atoms with van der Waals surface area (Å²) in [5.41, 5.74) is 2.40. The van der Waals surface area contributed by atoms with Gasteiger partial charge in [-0.1, -0.05) is 44.5 Å². The Bertz CT molecular complexity index is 387. The van der Waals surface area contributed by atoms with Crippen LogP contribution in [-0.4, -0.2) is 30.1 Å². The number of aliphatic hydroxyl groups is 1. The van der Waals surface area contributed by atoms with E-state index < -0.39 is 0 Å². The summed E-state index contributed by atoms with van der Waals surface area (Å²) in [6.07, 6.45) is 3.28. The van der Waals surface area contributed by atoms with Crippen molar-refractivity contribution in [2.45, 2.75) is 39.2 Å². The molecular weight excluding hydrogens is 234 g/mol. The van der Waals surface area contributed by atoms with Gasteiger partial charge in [-0.15, -0.1) is 0 Å². The number of aliphatic hydroxyl groups excluding tert-OH is 1. The Balaban J connectivity index is 1.82. The molecule has 0 saturated heterocycles. The van der Waals surface area contributed by atoms with E-state index in [1.54, 1.807) is 0 Å². The zero-order valence-electron chi connectivity index (χ0n) is 12.5. The molecule has 1 aromatic carbocycles. The standard InChI is InChI=1S/C17H27NO/c1-4-5-14-6-8-15(9-7-14)17(19)12-18(3)11-16-10-13(16)2/h6-9,13,16-17,19H,4-5,10-12H2,1-3H3. The largest absolute Gasteiger partial charge is 0.387 e. The van der Waals surface area contributed by atoms with Crippen LogP contribution in [0.3, 0.4) is 0 Å². The van der Waals surface area contributed by atoms with E-state index in [1.165, 1.54) is 18.4 Å². The minimum absolute atomic E-state index is 0.366. The zero-order chi connectivity index (χ0) is 13.8. The van der Waals surface area contributed by atoms with Gasteiger partial charge in [0.2, 0.25) is 0 Å². The summed E-state index contributed by atoms with van der Waals surface area (Å²) in [6, 6.07) is 8.43. The molecule has 1 aromatic rings. The fraction of sp³-hybridized carbons (Fsp3) is 0.647. The predicted octanol–water partition coefficient (Wildman–Crippen LogP) is 3.26. The Morgan fingerprint density at radius 3 is 2.47 bits per heavy atom.